The van der Waals surface area contributed by atoms with E-state index < -0.39 is 29.1 Å². The summed E-state index contributed by atoms with van der Waals surface area (Å²) in [7, 11) is 1.41. The van der Waals surface area contributed by atoms with Crippen LogP contribution in [0.5, 0.6) is 0 Å². The van der Waals surface area contributed by atoms with Gasteiger partial charge in [0.15, 0.2) is 12.1 Å². The monoisotopic (exact) mass is 496 g/mol. The number of Topliss-reactive ketones (excluding diaryl/α,β-unsaturated/α-hetero) is 1. The van der Waals surface area contributed by atoms with Crippen LogP contribution < -0.4 is 17.0 Å². The molecule has 2 heterocycles. The van der Waals surface area contributed by atoms with E-state index in [4.69, 9.17) is 10.5 Å². The maximum Gasteiger partial charge on any atom is 0.332 e. The zero-order valence-electron chi connectivity index (χ0n) is 20.2. The zero-order chi connectivity index (χ0) is 26.0. The van der Waals surface area contributed by atoms with Crippen LogP contribution in [0.15, 0.2) is 52.1 Å². The maximum absolute atomic E-state index is 13.4. The Morgan fingerprint density at radius 3 is 2.56 bits per heavy atom. The summed E-state index contributed by atoms with van der Waals surface area (Å²) >= 11 is 0. The van der Waals surface area contributed by atoms with Crippen LogP contribution in [-0.2, 0) is 30.8 Å². The van der Waals surface area contributed by atoms with Crippen LogP contribution in [0.25, 0.3) is 0 Å². The highest BCUT2D eigenvalue weighted by atomic mass is 19.1. The van der Waals surface area contributed by atoms with E-state index in [0.29, 0.717) is 30.6 Å². The number of carbonyl (C=O) groups excluding carboxylic acids is 1. The molecule has 0 amide bonds. The minimum absolute atomic E-state index is 0.0130. The molecule has 10 heteroatoms. The van der Waals surface area contributed by atoms with Crippen LogP contribution in [0.3, 0.4) is 0 Å². The second-order valence-corrected chi connectivity index (χ2v) is 8.76. The third-order valence-corrected chi connectivity index (χ3v) is 6.56. The number of aliphatic hydroxyl groups excluding tert-OH is 1. The summed E-state index contributed by atoms with van der Waals surface area (Å²) in [5, 5.41) is 10.2. The molecule has 1 aliphatic rings. The van der Waals surface area contributed by atoms with Crippen molar-refractivity contribution >= 4 is 11.6 Å². The molecule has 0 saturated heterocycles. The van der Waals surface area contributed by atoms with Crippen molar-refractivity contribution in [2.24, 2.45) is 0 Å². The van der Waals surface area contributed by atoms with Crippen molar-refractivity contribution in [2.75, 3.05) is 25.9 Å². The maximum atomic E-state index is 13.4. The molecule has 4 rings (SSSR count). The standard InChI is InChI=1S/C26H29FN4O5/c1-3-30-24(33)22(23(28)31(26(30)35)13-16-7-9-18(27)10-8-16)21(32)15-29-12-11-17-5-4-6-19(20(17)14-29)25(34)36-2/h4-10,25,34H,3,11-15,28H2,1-2H3. The highest BCUT2D eigenvalue weighted by Crippen LogP contribution is 2.27. The van der Waals surface area contributed by atoms with Gasteiger partial charge in [-0.25, -0.2) is 9.18 Å². The Kier molecular flexibility index (Phi) is 7.48. The number of aromatic nitrogens is 2. The summed E-state index contributed by atoms with van der Waals surface area (Å²) in [6.45, 7) is 2.56. The Morgan fingerprint density at radius 2 is 1.89 bits per heavy atom. The summed E-state index contributed by atoms with van der Waals surface area (Å²) in [6.07, 6.45) is -0.427. The Balaban J connectivity index is 1.66. The molecule has 190 valence electrons. The van der Waals surface area contributed by atoms with Gasteiger partial charge in [-0.15, -0.1) is 0 Å². The lowest BCUT2D eigenvalue weighted by Gasteiger charge is -2.30. The van der Waals surface area contributed by atoms with Crippen LogP contribution >= 0.6 is 0 Å². The van der Waals surface area contributed by atoms with Gasteiger partial charge in [-0.3, -0.25) is 23.6 Å². The van der Waals surface area contributed by atoms with Crippen LogP contribution in [0.2, 0.25) is 0 Å². The minimum Gasteiger partial charge on any atom is -0.384 e. The minimum atomic E-state index is -1.09. The SMILES string of the molecule is CCn1c(=O)c(C(=O)CN2CCc3cccc(C(O)OC)c3C2)c(N)n(Cc2ccc(F)cc2)c1=O. The van der Waals surface area contributed by atoms with Crippen LogP contribution in [0.1, 0.15) is 45.8 Å². The van der Waals surface area contributed by atoms with Crippen molar-refractivity contribution in [1.29, 1.82) is 0 Å². The van der Waals surface area contributed by atoms with Crippen LogP contribution in [-0.4, -0.2) is 45.1 Å². The third kappa shape index (κ3) is 4.88. The predicted molar refractivity (Wildman–Crippen MR) is 132 cm³/mol. The molecule has 0 aliphatic carbocycles. The molecule has 2 aromatic carbocycles. The molecule has 1 aliphatic heterocycles. The molecule has 0 radical (unpaired) electrons. The van der Waals surface area contributed by atoms with Gasteiger partial charge >= 0.3 is 5.69 Å². The van der Waals surface area contributed by atoms with E-state index >= 15 is 0 Å². The molecule has 0 fully saturated rings. The van der Waals surface area contributed by atoms with Crippen LogP contribution in [0, 0.1) is 5.82 Å². The zero-order valence-corrected chi connectivity index (χ0v) is 20.2. The van der Waals surface area contributed by atoms with Crippen molar-refractivity contribution in [3.8, 4) is 0 Å². The number of benzene rings is 2. The average molecular weight is 497 g/mol. The molecule has 3 aromatic rings. The largest absolute Gasteiger partial charge is 0.384 e. The van der Waals surface area contributed by atoms with Gasteiger partial charge in [-0.1, -0.05) is 30.3 Å². The Hall–Kier alpha value is -3.60. The van der Waals surface area contributed by atoms with Crippen molar-refractivity contribution < 1.29 is 19.0 Å². The lowest BCUT2D eigenvalue weighted by Crippen LogP contribution is -2.45. The molecule has 36 heavy (non-hydrogen) atoms. The smallest absolute Gasteiger partial charge is 0.332 e. The molecule has 0 bridgehead atoms. The van der Waals surface area contributed by atoms with E-state index in [0.717, 1.165) is 15.7 Å². The predicted octanol–water partition coefficient (Wildman–Crippen LogP) is 1.68. The van der Waals surface area contributed by atoms with Gasteiger partial charge in [0.2, 0.25) is 0 Å². The highest BCUT2D eigenvalue weighted by Gasteiger charge is 2.27. The van der Waals surface area contributed by atoms with Crippen molar-refractivity contribution in [3.05, 3.63) is 96.9 Å². The number of halogens is 1. The molecule has 0 spiro atoms. The highest BCUT2D eigenvalue weighted by molar-refractivity contribution is 6.01. The quantitative estimate of drug-likeness (QED) is 0.360. The average Bonchev–Trinajstić information content (AvgIpc) is 2.87. The lowest BCUT2D eigenvalue weighted by atomic mass is 9.94. The summed E-state index contributed by atoms with van der Waals surface area (Å²) in [6, 6.07) is 11.2. The lowest BCUT2D eigenvalue weighted by molar-refractivity contribution is -0.0779. The number of nitrogen functional groups attached to an aromatic ring is 1. The fourth-order valence-electron chi connectivity index (χ4n) is 4.62. The number of carbonyl (C=O) groups is 1. The van der Waals surface area contributed by atoms with Gasteiger partial charge in [-0.2, -0.15) is 0 Å². The number of nitrogens with two attached hydrogens (primary N) is 1. The third-order valence-electron chi connectivity index (χ3n) is 6.56. The van der Waals surface area contributed by atoms with Crippen molar-refractivity contribution in [3.63, 3.8) is 0 Å². The number of methoxy groups -OCH3 is 1. The molecule has 9 nitrogen and oxygen atoms in total. The van der Waals surface area contributed by atoms with Gasteiger partial charge < -0.3 is 15.6 Å². The Bertz CT molecular complexity index is 1400. The van der Waals surface area contributed by atoms with Gasteiger partial charge in [0.05, 0.1) is 13.1 Å². The molecular formula is C26H29FN4O5. The van der Waals surface area contributed by atoms with E-state index in [1.165, 1.54) is 35.9 Å². The topological polar surface area (TPSA) is 120 Å². The molecule has 1 aromatic heterocycles. The van der Waals surface area contributed by atoms with E-state index in [1.807, 2.05) is 17.0 Å². The first-order valence-electron chi connectivity index (χ1n) is 11.7. The molecule has 1 atom stereocenters. The summed E-state index contributed by atoms with van der Waals surface area (Å²) < 4.78 is 20.6. The Morgan fingerprint density at radius 1 is 1.17 bits per heavy atom. The van der Waals surface area contributed by atoms with Gasteiger partial charge in [0.1, 0.15) is 17.2 Å². The van der Waals surface area contributed by atoms with E-state index in [9.17, 15) is 23.9 Å². The summed E-state index contributed by atoms with van der Waals surface area (Å²) in [4.78, 5) is 41.3. The fraction of sp³-hybridized carbons (Fsp3) is 0.346. The number of hydrogen-bond donors (Lipinski definition) is 2. The van der Waals surface area contributed by atoms with Crippen LogP contribution in [0.4, 0.5) is 10.2 Å². The van der Waals surface area contributed by atoms with E-state index in [-0.39, 0.29) is 31.0 Å². The number of ether oxygens (including phenoxy) is 1. The normalized spacial score (nSPS) is 14.4. The van der Waals surface area contributed by atoms with Crippen molar-refractivity contribution in [1.82, 2.24) is 14.0 Å². The first kappa shape index (κ1) is 25.5. The van der Waals surface area contributed by atoms with E-state index in [1.54, 1.807) is 13.0 Å². The second kappa shape index (κ2) is 10.6. The number of hydrogen-bond acceptors (Lipinski definition) is 7. The number of ketones is 1. The number of fused-ring (bicyclic) bond motifs is 1. The number of nitrogens with zero attached hydrogens (tertiary/aromatic N) is 3. The Labute approximate surface area is 207 Å². The number of rotatable bonds is 8. The number of aliphatic hydroxyl groups is 1. The first-order chi connectivity index (χ1) is 17.2. The molecule has 3 N–H and O–H groups in total. The summed E-state index contributed by atoms with van der Waals surface area (Å²) in [5.74, 6) is -1.13. The van der Waals surface area contributed by atoms with Gasteiger partial charge in [0, 0.05) is 32.3 Å². The number of anilines is 1. The molecule has 0 saturated carbocycles. The summed E-state index contributed by atoms with van der Waals surface area (Å²) in [5.41, 5.74) is 7.81. The van der Waals surface area contributed by atoms with Gasteiger partial charge in [-0.05, 0) is 42.2 Å². The molecule has 1 unspecified atom stereocenters. The van der Waals surface area contributed by atoms with Crippen molar-refractivity contribution in [2.45, 2.75) is 39.3 Å². The molecular weight excluding hydrogens is 467 g/mol. The first-order valence-corrected chi connectivity index (χ1v) is 11.7. The van der Waals surface area contributed by atoms with Gasteiger partial charge in [0.25, 0.3) is 5.56 Å². The van der Waals surface area contributed by atoms with E-state index in [2.05, 4.69) is 0 Å². The fourth-order valence-corrected chi connectivity index (χ4v) is 4.62. The second-order valence-electron chi connectivity index (χ2n) is 8.76.